The lowest BCUT2D eigenvalue weighted by Gasteiger charge is -2.22. The van der Waals surface area contributed by atoms with Crippen LogP contribution < -0.4 is 10.2 Å². The van der Waals surface area contributed by atoms with Crippen molar-refractivity contribution in [2.24, 2.45) is 0 Å². The number of halogens is 1. The van der Waals surface area contributed by atoms with Crippen molar-refractivity contribution in [3.8, 4) is 0 Å². The van der Waals surface area contributed by atoms with Gasteiger partial charge in [0, 0.05) is 54.8 Å². The smallest absolute Gasteiger partial charge is 0.321 e. The summed E-state index contributed by atoms with van der Waals surface area (Å²) < 4.78 is 4.52. The maximum absolute atomic E-state index is 12.6. The van der Waals surface area contributed by atoms with Crippen LogP contribution in [0.4, 0.5) is 15.6 Å². The highest BCUT2D eigenvalue weighted by Gasteiger charge is 2.21. The molecule has 1 aliphatic heterocycles. The van der Waals surface area contributed by atoms with Crippen LogP contribution in [0.5, 0.6) is 0 Å². The summed E-state index contributed by atoms with van der Waals surface area (Å²) in [5, 5.41) is 4.45. The molecule has 0 spiro atoms. The molecule has 1 aromatic heterocycles. The maximum atomic E-state index is 12.6. The summed E-state index contributed by atoms with van der Waals surface area (Å²) in [4.78, 5) is 21.4. The van der Waals surface area contributed by atoms with E-state index in [2.05, 4.69) is 26.7 Å². The van der Waals surface area contributed by atoms with Crippen molar-refractivity contribution in [3.05, 3.63) is 71.0 Å². The summed E-state index contributed by atoms with van der Waals surface area (Å²) in [7, 11) is 0. The van der Waals surface area contributed by atoms with Gasteiger partial charge in [0.2, 0.25) is 5.13 Å². The molecular weight excluding hydrogens is 406 g/mol. The molecule has 8 heteroatoms. The second-order valence-electron chi connectivity index (χ2n) is 6.92. The Bertz CT molecular complexity index is 964. The van der Waals surface area contributed by atoms with E-state index in [4.69, 9.17) is 16.6 Å². The third-order valence-electron chi connectivity index (χ3n) is 4.79. The summed E-state index contributed by atoms with van der Waals surface area (Å²) in [5.74, 6) is 0.844. The Morgan fingerprint density at radius 2 is 1.93 bits per heavy atom. The van der Waals surface area contributed by atoms with Crippen LogP contribution >= 0.6 is 23.1 Å². The number of carbonyl (C=O) groups is 1. The number of hydrogen-bond acceptors (Lipinski definition) is 5. The van der Waals surface area contributed by atoms with Gasteiger partial charge in [0.1, 0.15) is 5.82 Å². The van der Waals surface area contributed by atoms with Gasteiger partial charge in [0.15, 0.2) is 0 Å². The Labute approximate surface area is 179 Å². The number of carbonyl (C=O) groups excluding carboxylic acids is 1. The van der Waals surface area contributed by atoms with Crippen molar-refractivity contribution in [3.63, 3.8) is 0 Å². The van der Waals surface area contributed by atoms with Crippen molar-refractivity contribution < 1.29 is 4.79 Å². The van der Waals surface area contributed by atoms with Gasteiger partial charge in [-0.1, -0.05) is 48.0 Å². The number of benzene rings is 2. The largest absolute Gasteiger partial charge is 0.345 e. The summed E-state index contributed by atoms with van der Waals surface area (Å²) in [6, 6.07) is 17.3. The highest BCUT2D eigenvalue weighted by atomic mass is 35.5. The molecule has 3 aromatic rings. The third-order valence-corrected chi connectivity index (χ3v) is 5.84. The van der Waals surface area contributed by atoms with E-state index in [1.54, 1.807) is 12.1 Å². The summed E-state index contributed by atoms with van der Waals surface area (Å²) >= 11 is 7.43. The molecule has 1 fully saturated rings. The molecule has 1 N–H and O–H groups in total. The van der Waals surface area contributed by atoms with Gasteiger partial charge in [-0.25, -0.2) is 9.78 Å². The van der Waals surface area contributed by atoms with Crippen LogP contribution in [-0.4, -0.2) is 46.5 Å². The number of anilines is 2. The quantitative estimate of drug-likeness (QED) is 0.664. The lowest BCUT2D eigenvalue weighted by atomic mass is 10.1. The van der Waals surface area contributed by atoms with E-state index in [-0.39, 0.29) is 6.03 Å². The van der Waals surface area contributed by atoms with E-state index in [0.717, 1.165) is 36.9 Å². The lowest BCUT2D eigenvalue weighted by molar-refractivity contribution is 0.215. The summed E-state index contributed by atoms with van der Waals surface area (Å²) in [6.45, 7) is 2.95. The van der Waals surface area contributed by atoms with E-state index >= 15 is 0 Å². The SMILES string of the molecule is O=C(Nc1cccc(Cl)c1)N1CCCN(c2nc(Cc3ccccc3)ns2)CC1. The maximum Gasteiger partial charge on any atom is 0.321 e. The van der Waals surface area contributed by atoms with Crippen molar-refractivity contribution in [1.82, 2.24) is 14.3 Å². The highest BCUT2D eigenvalue weighted by Crippen LogP contribution is 2.21. The van der Waals surface area contributed by atoms with Gasteiger partial charge in [0.25, 0.3) is 0 Å². The monoisotopic (exact) mass is 427 g/mol. The zero-order valence-corrected chi connectivity index (χ0v) is 17.5. The van der Waals surface area contributed by atoms with Gasteiger partial charge < -0.3 is 15.1 Å². The predicted molar refractivity (Wildman–Crippen MR) is 118 cm³/mol. The first-order chi connectivity index (χ1) is 14.2. The van der Waals surface area contributed by atoms with Crippen molar-refractivity contribution >= 4 is 40.0 Å². The fourth-order valence-corrected chi connectivity index (χ4v) is 4.23. The minimum Gasteiger partial charge on any atom is -0.345 e. The number of amides is 2. The number of rotatable bonds is 4. The minimum absolute atomic E-state index is 0.101. The molecule has 0 atom stereocenters. The number of hydrogen-bond donors (Lipinski definition) is 1. The third kappa shape index (κ3) is 5.25. The van der Waals surface area contributed by atoms with E-state index in [0.29, 0.717) is 23.8 Å². The second-order valence-corrected chi connectivity index (χ2v) is 8.09. The van der Waals surface area contributed by atoms with E-state index in [1.807, 2.05) is 35.2 Å². The van der Waals surface area contributed by atoms with Gasteiger partial charge in [0.05, 0.1) is 0 Å². The van der Waals surface area contributed by atoms with Gasteiger partial charge in [-0.2, -0.15) is 4.37 Å². The van der Waals surface area contributed by atoms with E-state index in [1.165, 1.54) is 17.1 Å². The molecule has 6 nitrogen and oxygen atoms in total. The van der Waals surface area contributed by atoms with Crippen LogP contribution in [0.15, 0.2) is 54.6 Å². The van der Waals surface area contributed by atoms with Gasteiger partial charge in [-0.15, -0.1) is 0 Å². The van der Waals surface area contributed by atoms with Gasteiger partial charge in [-0.3, -0.25) is 0 Å². The zero-order chi connectivity index (χ0) is 20.1. The molecule has 0 bridgehead atoms. The summed E-state index contributed by atoms with van der Waals surface area (Å²) in [6.07, 6.45) is 1.62. The van der Waals surface area contributed by atoms with Crippen LogP contribution in [0.2, 0.25) is 5.02 Å². The minimum atomic E-state index is -0.101. The number of nitrogens with one attached hydrogen (secondary N) is 1. The molecule has 0 unspecified atom stereocenters. The van der Waals surface area contributed by atoms with Crippen LogP contribution in [0, 0.1) is 0 Å². The van der Waals surface area contributed by atoms with Crippen LogP contribution in [0.3, 0.4) is 0 Å². The molecule has 2 aromatic carbocycles. The first kappa shape index (κ1) is 19.7. The fraction of sp³-hybridized carbons (Fsp3) is 0.286. The fourth-order valence-electron chi connectivity index (χ4n) is 3.30. The zero-order valence-electron chi connectivity index (χ0n) is 15.9. The first-order valence-corrected chi connectivity index (χ1v) is 10.8. The normalized spacial score (nSPS) is 14.5. The lowest BCUT2D eigenvalue weighted by Crippen LogP contribution is -2.38. The molecule has 29 heavy (non-hydrogen) atoms. The second kappa shape index (κ2) is 9.24. The van der Waals surface area contributed by atoms with Crippen LogP contribution in [0.1, 0.15) is 17.8 Å². The van der Waals surface area contributed by atoms with E-state index < -0.39 is 0 Å². The Balaban J connectivity index is 1.34. The molecule has 2 heterocycles. The average molecular weight is 428 g/mol. The Morgan fingerprint density at radius 1 is 1.07 bits per heavy atom. The molecule has 1 saturated heterocycles. The van der Waals surface area contributed by atoms with Crippen molar-refractivity contribution in [2.75, 3.05) is 36.4 Å². The van der Waals surface area contributed by atoms with Gasteiger partial charge >= 0.3 is 6.03 Å². The van der Waals surface area contributed by atoms with Crippen molar-refractivity contribution in [1.29, 1.82) is 0 Å². The Morgan fingerprint density at radius 3 is 2.76 bits per heavy atom. The van der Waals surface area contributed by atoms with E-state index in [9.17, 15) is 4.79 Å². The van der Waals surface area contributed by atoms with Crippen LogP contribution in [0.25, 0.3) is 0 Å². The number of nitrogens with zero attached hydrogens (tertiary/aromatic N) is 4. The predicted octanol–water partition coefficient (Wildman–Crippen LogP) is 4.53. The first-order valence-electron chi connectivity index (χ1n) is 9.60. The van der Waals surface area contributed by atoms with Crippen molar-refractivity contribution in [2.45, 2.75) is 12.8 Å². The van der Waals surface area contributed by atoms with Crippen LogP contribution in [-0.2, 0) is 6.42 Å². The Hall–Kier alpha value is -2.64. The molecule has 150 valence electrons. The number of aromatic nitrogens is 2. The Kier molecular flexibility index (Phi) is 6.27. The summed E-state index contributed by atoms with van der Waals surface area (Å²) in [5.41, 5.74) is 1.91. The standard InChI is InChI=1S/C21H22ClN5OS/c22-17-8-4-9-18(15-17)23-20(28)26-10-5-11-27(13-12-26)21-24-19(25-29-21)14-16-6-2-1-3-7-16/h1-4,6-9,15H,5,10-14H2,(H,23,28). The topological polar surface area (TPSA) is 61.4 Å². The molecule has 0 radical (unpaired) electrons. The van der Waals surface area contributed by atoms with Gasteiger partial charge in [-0.05, 0) is 30.2 Å². The molecule has 0 aliphatic carbocycles. The molecule has 1 aliphatic rings. The highest BCUT2D eigenvalue weighted by molar-refractivity contribution is 7.09. The molecule has 2 amide bonds. The molecule has 0 saturated carbocycles. The number of urea groups is 1. The average Bonchev–Trinajstić information content (AvgIpc) is 3.03. The molecule has 4 rings (SSSR count). The molecular formula is C21H22ClN5OS.